The largest absolute Gasteiger partial charge is 0.381 e. The van der Waals surface area contributed by atoms with Gasteiger partial charge in [-0.25, -0.2) is 9.97 Å². The van der Waals surface area contributed by atoms with Crippen LogP contribution in [0.5, 0.6) is 0 Å². The second-order valence-corrected chi connectivity index (χ2v) is 1.67. The van der Waals surface area contributed by atoms with Crippen LogP contribution in [0.2, 0.25) is 0 Å². The number of nitrogens with two attached hydrogens (primary N) is 1. The highest BCUT2D eigenvalue weighted by atomic mass is 14.9. The first-order chi connectivity index (χ1) is 4.84. The fourth-order valence-corrected chi connectivity index (χ4v) is 0.563. The summed E-state index contributed by atoms with van der Waals surface area (Å²) in [6.07, 6.45) is 3.10. The van der Waals surface area contributed by atoms with Gasteiger partial charge in [0.15, 0.2) is 11.5 Å². The Morgan fingerprint density at radius 2 is 2.10 bits per heavy atom. The van der Waals surface area contributed by atoms with E-state index in [2.05, 4.69) is 21.8 Å². The molecular weight excluding hydrogens is 126 g/mol. The molecule has 0 saturated heterocycles. The number of hydrogen-bond donors (Lipinski definition) is 1. The summed E-state index contributed by atoms with van der Waals surface area (Å²) >= 11 is 0. The molecule has 0 atom stereocenters. The highest BCUT2D eigenvalue weighted by Gasteiger charge is 1.92. The molecular formula is C7H7N3. The topological polar surface area (TPSA) is 51.8 Å². The van der Waals surface area contributed by atoms with Crippen LogP contribution in [-0.2, 0) is 0 Å². The van der Waals surface area contributed by atoms with Gasteiger partial charge < -0.3 is 5.73 Å². The average molecular weight is 133 g/mol. The van der Waals surface area contributed by atoms with Gasteiger partial charge in [0.2, 0.25) is 0 Å². The van der Waals surface area contributed by atoms with Gasteiger partial charge in [0.05, 0.1) is 0 Å². The minimum absolute atomic E-state index is 0.386. The van der Waals surface area contributed by atoms with E-state index in [-0.39, 0.29) is 0 Å². The Balaban J connectivity index is 3.11. The Morgan fingerprint density at radius 1 is 1.40 bits per heavy atom. The molecule has 3 nitrogen and oxygen atoms in total. The van der Waals surface area contributed by atoms with Gasteiger partial charge in [-0.15, -0.1) is 0 Å². The van der Waals surface area contributed by atoms with Crippen LogP contribution in [0.4, 0.5) is 5.82 Å². The van der Waals surface area contributed by atoms with E-state index in [0.717, 1.165) is 0 Å². The van der Waals surface area contributed by atoms with E-state index < -0.39 is 0 Å². The fourth-order valence-electron chi connectivity index (χ4n) is 0.563. The van der Waals surface area contributed by atoms with Gasteiger partial charge in [-0.2, -0.15) is 0 Å². The maximum absolute atomic E-state index is 5.43. The number of nitrogen functional groups attached to an aromatic ring is 1. The Labute approximate surface area is 59.3 Å². The first kappa shape index (κ1) is 6.56. The number of nitrogens with zero attached hydrogens (tertiary/aromatic N) is 2. The minimum Gasteiger partial charge on any atom is -0.381 e. The van der Waals surface area contributed by atoms with Crippen molar-refractivity contribution < 1.29 is 0 Å². The Hall–Kier alpha value is -1.56. The predicted molar refractivity (Wildman–Crippen MR) is 39.0 cm³/mol. The number of aromatic nitrogens is 2. The summed E-state index contributed by atoms with van der Waals surface area (Å²) in [6.45, 7) is 1.73. The van der Waals surface area contributed by atoms with Gasteiger partial charge >= 0.3 is 0 Å². The summed E-state index contributed by atoms with van der Waals surface area (Å²) < 4.78 is 0. The molecule has 1 heterocycles. The van der Waals surface area contributed by atoms with E-state index in [4.69, 9.17) is 5.73 Å². The molecule has 3 heteroatoms. The Kier molecular flexibility index (Phi) is 1.86. The minimum atomic E-state index is 0.386. The zero-order valence-corrected chi connectivity index (χ0v) is 5.63. The van der Waals surface area contributed by atoms with Crippen molar-refractivity contribution in [1.29, 1.82) is 0 Å². The zero-order chi connectivity index (χ0) is 7.40. The van der Waals surface area contributed by atoms with Crippen molar-refractivity contribution in [2.24, 2.45) is 0 Å². The van der Waals surface area contributed by atoms with Gasteiger partial charge in [-0.1, -0.05) is 5.92 Å². The van der Waals surface area contributed by atoms with E-state index in [9.17, 15) is 0 Å². The van der Waals surface area contributed by atoms with Crippen LogP contribution in [0.25, 0.3) is 0 Å². The number of anilines is 1. The maximum atomic E-state index is 5.43. The molecule has 0 aromatic carbocycles. The van der Waals surface area contributed by atoms with Crippen molar-refractivity contribution in [3.63, 3.8) is 0 Å². The van der Waals surface area contributed by atoms with Crippen molar-refractivity contribution in [3.8, 4) is 11.8 Å². The van der Waals surface area contributed by atoms with Crippen LogP contribution in [0, 0.1) is 11.8 Å². The quantitative estimate of drug-likeness (QED) is 0.522. The van der Waals surface area contributed by atoms with Gasteiger partial charge in [0.25, 0.3) is 0 Å². The van der Waals surface area contributed by atoms with E-state index in [0.29, 0.717) is 11.5 Å². The van der Waals surface area contributed by atoms with Crippen molar-refractivity contribution >= 4 is 5.82 Å². The third kappa shape index (κ3) is 1.23. The molecule has 0 bridgehead atoms. The lowest BCUT2D eigenvalue weighted by Gasteiger charge is -1.91. The highest BCUT2D eigenvalue weighted by molar-refractivity contribution is 5.44. The number of rotatable bonds is 0. The van der Waals surface area contributed by atoms with Gasteiger partial charge in [0, 0.05) is 12.4 Å². The van der Waals surface area contributed by atoms with Crippen LogP contribution >= 0.6 is 0 Å². The summed E-state index contributed by atoms with van der Waals surface area (Å²) in [5.41, 5.74) is 5.98. The normalized spacial score (nSPS) is 8.10. The maximum Gasteiger partial charge on any atom is 0.158 e. The summed E-state index contributed by atoms with van der Waals surface area (Å²) in [7, 11) is 0. The predicted octanol–water partition coefficient (Wildman–Crippen LogP) is 0.430. The molecule has 0 unspecified atom stereocenters. The smallest absolute Gasteiger partial charge is 0.158 e. The second kappa shape index (κ2) is 2.83. The molecule has 0 aliphatic heterocycles. The number of hydrogen-bond acceptors (Lipinski definition) is 3. The second-order valence-electron chi connectivity index (χ2n) is 1.67. The molecule has 0 radical (unpaired) electrons. The molecule has 1 rings (SSSR count). The SMILES string of the molecule is CC#Cc1nccnc1N. The molecule has 0 fully saturated rings. The van der Waals surface area contributed by atoms with Crippen LogP contribution in [0.3, 0.4) is 0 Å². The standard InChI is InChI=1S/C7H7N3/c1-2-3-6-7(8)10-5-4-9-6/h4-5H,1H3,(H2,8,10). The third-order valence-electron chi connectivity index (χ3n) is 0.970. The molecule has 50 valence electrons. The van der Waals surface area contributed by atoms with Crippen molar-refractivity contribution in [1.82, 2.24) is 9.97 Å². The molecule has 1 aromatic rings. The highest BCUT2D eigenvalue weighted by Crippen LogP contribution is 1.98. The van der Waals surface area contributed by atoms with Crippen molar-refractivity contribution in [2.45, 2.75) is 6.92 Å². The van der Waals surface area contributed by atoms with Crippen LogP contribution in [-0.4, -0.2) is 9.97 Å². The Morgan fingerprint density at radius 3 is 2.70 bits per heavy atom. The molecule has 0 spiro atoms. The van der Waals surface area contributed by atoms with Crippen molar-refractivity contribution in [3.05, 3.63) is 18.1 Å². The van der Waals surface area contributed by atoms with Gasteiger partial charge in [0.1, 0.15) is 0 Å². The van der Waals surface area contributed by atoms with Gasteiger partial charge in [-0.05, 0) is 12.8 Å². The lowest BCUT2D eigenvalue weighted by Crippen LogP contribution is -1.95. The molecule has 1 aromatic heterocycles. The third-order valence-corrected chi connectivity index (χ3v) is 0.970. The zero-order valence-electron chi connectivity index (χ0n) is 5.63. The first-order valence-electron chi connectivity index (χ1n) is 2.84. The molecule has 0 amide bonds. The summed E-state index contributed by atoms with van der Waals surface area (Å²) in [6, 6.07) is 0. The summed E-state index contributed by atoms with van der Waals surface area (Å²) in [5, 5.41) is 0. The Bertz CT molecular complexity index is 282. The molecule has 2 N–H and O–H groups in total. The lowest BCUT2D eigenvalue weighted by atomic mass is 10.4. The van der Waals surface area contributed by atoms with E-state index in [1.165, 1.54) is 6.20 Å². The average Bonchev–Trinajstić information content (AvgIpc) is 1.94. The van der Waals surface area contributed by atoms with E-state index in [1.54, 1.807) is 13.1 Å². The summed E-state index contributed by atoms with van der Waals surface area (Å²) in [5.74, 6) is 5.81. The van der Waals surface area contributed by atoms with Crippen LogP contribution < -0.4 is 5.73 Å². The molecule has 0 saturated carbocycles. The summed E-state index contributed by atoms with van der Waals surface area (Å²) in [4.78, 5) is 7.72. The van der Waals surface area contributed by atoms with E-state index in [1.807, 2.05) is 0 Å². The first-order valence-corrected chi connectivity index (χ1v) is 2.84. The van der Waals surface area contributed by atoms with Crippen molar-refractivity contribution in [2.75, 3.05) is 5.73 Å². The van der Waals surface area contributed by atoms with Crippen LogP contribution in [0.15, 0.2) is 12.4 Å². The monoisotopic (exact) mass is 133 g/mol. The van der Waals surface area contributed by atoms with E-state index >= 15 is 0 Å². The molecule has 0 aliphatic rings. The van der Waals surface area contributed by atoms with Crippen LogP contribution in [0.1, 0.15) is 12.6 Å². The molecule has 0 aliphatic carbocycles. The molecule has 10 heavy (non-hydrogen) atoms. The lowest BCUT2D eigenvalue weighted by molar-refractivity contribution is 1.18. The fraction of sp³-hybridized carbons (Fsp3) is 0.143. The van der Waals surface area contributed by atoms with Gasteiger partial charge in [-0.3, -0.25) is 0 Å².